The van der Waals surface area contributed by atoms with E-state index in [1.807, 2.05) is 54.6 Å². The summed E-state index contributed by atoms with van der Waals surface area (Å²) in [5.41, 5.74) is 13.9. The number of anilines is 4. The van der Waals surface area contributed by atoms with Crippen molar-refractivity contribution in [3.8, 4) is 0 Å². The maximum atomic E-state index is 8.29. The van der Waals surface area contributed by atoms with Crippen molar-refractivity contribution in [1.29, 1.82) is 10.8 Å². The molecule has 3 aromatic rings. The van der Waals surface area contributed by atoms with Crippen LogP contribution in [0.25, 0.3) is 0 Å². The number of amidine groups is 2. The van der Waals surface area contributed by atoms with Gasteiger partial charge in [-0.1, -0.05) is 30.3 Å². The van der Waals surface area contributed by atoms with Gasteiger partial charge in [0.1, 0.15) is 11.7 Å². The third kappa shape index (κ3) is 2.38. The molecule has 150 valence electrons. The Morgan fingerprint density at radius 1 is 0.600 bits per heavy atom. The molecule has 0 bridgehead atoms. The minimum atomic E-state index is -1.21. The summed E-state index contributed by atoms with van der Waals surface area (Å²) < 4.78 is 0. The van der Waals surface area contributed by atoms with Crippen LogP contribution < -0.4 is 32.7 Å². The lowest BCUT2D eigenvalue weighted by atomic mass is 10.0. The van der Waals surface area contributed by atoms with Gasteiger partial charge in [-0.3, -0.25) is 10.8 Å². The number of nitrogens with two attached hydrogens (primary N) is 2. The van der Waals surface area contributed by atoms with Crippen LogP contribution >= 0.6 is 0 Å². The average molecular weight is 399 g/mol. The zero-order valence-electron chi connectivity index (χ0n) is 16.0. The van der Waals surface area contributed by atoms with E-state index in [4.69, 9.17) is 27.3 Å². The number of nitrogens with zero attached hydrogens (tertiary/aromatic N) is 1. The molecule has 1 aromatic heterocycles. The molecular formula is C21H21N9. The molecule has 0 spiro atoms. The van der Waals surface area contributed by atoms with Gasteiger partial charge in [-0.25, -0.2) is 4.98 Å². The standard InChI is InChI=1S/C21H21N9/c22-18(23)20(27-12-6-1-2-7-13(12)28-20)16-10-5-11-17(26-16)21(19(24)25)29-14-8-3-4-9-15(14)30-21/h1-11,27-30H,(H3,22,23)(H3,24,25). The molecule has 9 nitrogen and oxygen atoms in total. The highest BCUT2D eigenvalue weighted by molar-refractivity contribution is 6.00. The van der Waals surface area contributed by atoms with E-state index in [0.717, 1.165) is 22.7 Å². The van der Waals surface area contributed by atoms with E-state index in [1.165, 1.54) is 0 Å². The summed E-state index contributed by atoms with van der Waals surface area (Å²) in [5.74, 6) is -0.258. The predicted molar refractivity (Wildman–Crippen MR) is 119 cm³/mol. The Morgan fingerprint density at radius 3 is 1.23 bits per heavy atom. The van der Waals surface area contributed by atoms with Gasteiger partial charge in [0, 0.05) is 0 Å². The van der Waals surface area contributed by atoms with Crippen LogP contribution in [0.15, 0.2) is 66.7 Å². The molecule has 0 radical (unpaired) electrons. The largest absolute Gasteiger partial charge is 0.384 e. The van der Waals surface area contributed by atoms with Crippen LogP contribution in [-0.4, -0.2) is 16.7 Å². The highest BCUT2D eigenvalue weighted by Gasteiger charge is 2.46. The van der Waals surface area contributed by atoms with Gasteiger partial charge in [-0.2, -0.15) is 0 Å². The summed E-state index contributed by atoms with van der Waals surface area (Å²) in [4.78, 5) is 4.80. The Kier molecular flexibility index (Phi) is 3.63. The first-order valence-corrected chi connectivity index (χ1v) is 9.42. The molecule has 2 aromatic carbocycles. The molecular weight excluding hydrogens is 378 g/mol. The second-order valence-corrected chi connectivity index (χ2v) is 7.33. The first-order valence-electron chi connectivity index (χ1n) is 9.42. The van der Waals surface area contributed by atoms with Crippen LogP contribution in [0, 0.1) is 10.8 Å². The Morgan fingerprint density at radius 2 is 0.933 bits per heavy atom. The van der Waals surface area contributed by atoms with Gasteiger partial charge in [-0.15, -0.1) is 0 Å². The summed E-state index contributed by atoms with van der Waals surface area (Å²) >= 11 is 0. The minimum absolute atomic E-state index is 0.129. The van der Waals surface area contributed by atoms with E-state index < -0.39 is 11.3 Å². The molecule has 0 aliphatic carbocycles. The van der Waals surface area contributed by atoms with Crippen molar-refractivity contribution in [2.45, 2.75) is 11.3 Å². The van der Waals surface area contributed by atoms with Crippen molar-refractivity contribution in [2.75, 3.05) is 21.3 Å². The smallest absolute Gasteiger partial charge is 0.210 e. The summed E-state index contributed by atoms with van der Waals surface area (Å²) in [7, 11) is 0. The Balaban J connectivity index is 1.61. The van der Waals surface area contributed by atoms with Gasteiger partial charge in [0.2, 0.25) is 11.3 Å². The predicted octanol–water partition coefficient (Wildman–Crippen LogP) is 2.33. The van der Waals surface area contributed by atoms with Gasteiger partial charge in [0.15, 0.2) is 0 Å². The number of fused-ring (bicyclic) bond motifs is 2. The van der Waals surface area contributed by atoms with Crippen molar-refractivity contribution in [1.82, 2.24) is 4.98 Å². The Bertz CT molecular complexity index is 1050. The van der Waals surface area contributed by atoms with Gasteiger partial charge in [0.25, 0.3) is 0 Å². The lowest BCUT2D eigenvalue weighted by molar-refractivity contribution is 0.686. The molecule has 10 N–H and O–H groups in total. The second kappa shape index (κ2) is 6.11. The van der Waals surface area contributed by atoms with E-state index in [1.54, 1.807) is 12.1 Å². The zero-order valence-corrected chi connectivity index (χ0v) is 16.0. The van der Waals surface area contributed by atoms with Crippen LogP contribution in [0.3, 0.4) is 0 Å². The molecule has 0 fully saturated rings. The second-order valence-electron chi connectivity index (χ2n) is 7.33. The van der Waals surface area contributed by atoms with Crippen molar-refractivity contribution in [3.05, 3.63) is 78.1 Å². The molecule has 2 aliphatic rings. The maximum absolute atomic E-state index is 8.29. The molecule has 30 heavy (non-hydrogen) atoms. The van der Waals surface area contributed by atoms with Crippen molar-refractivity contribution in [3.63, 3.8) is 0 Å². The molecule has 2 aliphatic heterocycles. The van der Waals surface area contributed by atoms with Crippen LogP contribution in [0.4, 0.5) is 22.7 Å². The summed E-state index contributed by atoms with van der Waals surface area (Å²) in [6, 6.07) is 20.6. The van der Waals surface area contributed by atoms with Gasteiger partial charge in [0.05, 0.1) is 34.1 Å². The normalized spacial score (nSPS) is 16.8. The number of para-hydroxylation sites is 4. The van der Waals surface area contributed by atoms with Crippen LogP contribution in [0.1, 0.15) is 11.4 Å². The molecule has 0 atom stereocenters. The lowest BCUT2D eigenvalue weighted by Crippen LogP contribution is -2.53. The molecule has 0 saturated carbocycles. The number of benzene rings is 2. The van der Waals surface area contributed by atoms with Crippen molar-refractivity contribution < 1.29 is 0 Å². The average Bonchev–Trinajstić information content (AvgIpc) is 3.34. The van der Waals surface area contributed by atoms with E-state index in [0.29, 0.717) is 11.4 Å². The van der Waals surface area contributed by atoms with Gasteiger partial charge < -0.3 is 32.7 Å². The number of rotatable bonds is 4. The summed E-state index contributed by atoms with van der Waals surface area (Å²) in [6.07, 6.45) is 0. The monoisotopic (exact) mass is 399 g/mol. The third-order valence-corrected chi connectivity index (χ3v) is 5.47. The first-order chi connectivity index (χ1) is 14.4. The number of pyridine rings is 1. The number of aromatic nitrogens is 1. The lowest BCUT2D eigenvalue weighted by Gasteiger charge is -2.32. The fourth-order valence-corrected chi connectivity index (χ4v) is 3.93. The van der Waals surface area contributed by atoms with Gasteiger partial charge in [-0.05, 0) is 36.4 Å². The summed E-state index contributed by atoms with van der Waals surface area (Å²) in [5, 5.41) is 29.7. The number of hydrogen-bond acceptors (Lipinski definition) is 7. The third-order valence-electron chi connectivity index (χ3n) is 5.47. The molecule has 0 saturated heterocycles. The van der Waals surface area contributed by atoms with Gasteiger partial charge >= 0.3 is 0 Å². The molecule has 0 amide bonds. The highest BCUT2D eigenvalue weighted by atomic mass is 15.3. The zero-order chi connectivity index (χ0) is 20.9. The van der Waals surface area contributed by atoms with E-state index in [2.05, 4.69) is 21.3 Å². The SMILES string of the molecule is N=C(N)C1(c2cccc(C3(C(=N)N)Nc4ccccc4N3)n2)Nc2ccccc2N1. The summed E-state index contributed by atoms with van der Waals surface area (Å²) in [6.45, 7) is 0. The van der Waals surface area contributed by atoms with Crippen molar-refractivity contribution in [2.24, 2.45) is 11.5 Å². The van der Waals surface area contributed by atoms with Crippen LogP contribution in [0.2, 0.25) is 0 Å². The van der Waals surface area contributed by atoms with Crippen LogP contribution in [-0.2, 0) is 11.3 Å². The number of nitrogens with one attached hydrogen (secondary N) is 6. The fourth-order valence-electron chi connectivity index (χ4n) is 3.93. The van der Waals surface area contributed by atoms with Crippen LogP contribution in [0.5, 0.6) is 0 Å². The quantitative estimate of drug-likeness (QED) is 0.247. The molecule has 9 heteroatoms. The molecule has 0 unspecified atom stereocenters. The first kappa shape index (κ1) is 17.8. The minimum Gasteiger partial charge on any atom is -0.384 e. The number of hydrogen-bond donors (Lipinski definition) is 8. The fraction of sp³-hybridized carbons (Fsp3) is 0.0952. The topological polar surface area (TPSA) is 161 Å². The Hall–Kier alpha value is -4.27. The molecule has 3 heterocycles. The van der Waals surface area contributed by atoms with E-state index in [9.17, 15) is 0 Å². The highest BCUT2D eigenvalue weighted by Crippen LogP contribution is 2.41. The maximum Gasteiger partial charge on any atom is 0.210 e. The Labute approximate surface area is 172 Å². The molecule has 5 rings (SSSR count). The van der Waals surface area contributed by atoms with Crippen molar-refractivity contribution >= 4 is 34.4 Å². The van der Waals surface area contributed by atoms with E-state index in [-0.39, 0.29) is 11.7 Å². The van der Waals surface area contributed by atoms with E-state index >= 15 is 0 Å².